The fourth-order valence-corrected chi connectivity index (χ4v) is 1.74. The third-order valence-corrected chi connectivity index (χ3v) is 2.52. The molecule has 1 aliphatic carbocycles. The lowest BCUT2D eigenvalue weighted by atomic mass is 9.84. The van der Waals surface area contributed by atoms with Crippen molar-refractivity contribution in [2.45, 2.75) is 44.8 Å². The topological polar surface area (TPSA) is 4.36 Å². The van der Waals surface area contributed by atoms with Crippen LogP contribution in [0.2, 0.25) is 0 Å². The third kappa shape index (κ3) is 2.18. The Hall–Kier alpha value is -0.580. The Morgan fingerprint density at radius 2 is 2.27 bits per heavy atom. The molecule has 0 amide bonds. The lowest BCUT2D eigenvalue weighted by molar-refractivity contribution is 0.193. The number of nitrogens with zero attached hydrogens (tertiary/aromatic N) is 1. The van der Waals surface area contributed by atoms with Crippen molar-refractivity contribution >= 4 is 0 Å². The third-order valence-electron chi connectivity index (χ3n) is 2.52. The Labute approximate surface area is 67.4 Å². The maximum Gasteiger partial charge on any atom is 0.224 e. The van der Waals surface area contributed by atoms with Crippen LogP contribution >= 0.6 is 0 Å². The second kappa shape index (κ2) is 3.71. The summed E-state index contributed by atoms with van der Waals surface area (Å²) in [7, 11) is 0. The quantitative estimate of drug-likeness (QED) is 0.513. The maximum absolute atomic E-state index is 12.8. The Balaban J connectivity index is 2.41. The van der Waals surface area contributed by atoms with Gasteiger partial charge in [-0.1, -0.05) is 0 Å². The summed E-state index contributed by atoms with van der Waals surface area (Å²) in [6.45, 7) is 8.44. The highest BCUT2D eigenvalue weighted by Gasteiger charge is 2.28. The van der Waals surface area contributed by atoms with E-state index < -0.39 is 6.17 Å². The molecular formula is C9H14FN. The first-order valence-electron chi connectivity index (χ1n) is 4.24. The standard InChI is InChI=1S/C9H14FN/c1-7(10)8-4-3-5-9(6-8)11-2/h7-9H,3-6H2,1H3. The van der Waals surface area contributed by atoms with Gasteiger partial charge in [-0.15, -0.1) is 0 Å². The van der Waals surface area contributed by atoms with E-state index in [2.05, 4.69) is 4.85 Å². The molecule has 62 valence electrons. The summed E-state index contributed by atoms with van der Waals surface area (Å²) in [6, 6.07) is 0.104. The molecule has 0 aromatic heterocycles. The van der Waals surface area contributed by atoms with E-state index in [4.69, 9.17) is 6.57 Å². The van der Waals surface area contributed by atoms with Crippen molar-refractivity contribution < 1.29 is 4.39 Å². The number of alkyl halides is 1. The van der Waals surface area contributed by atoms with Crippen LogP contribution in [0.1, 0.15) is 32.6 Å². The van der Waals surface area contributed by atoms with E-state index in [1.54, 1.807) is 6.92 Å². The molecule has 0 radical (unpaired) electrons. The summed E-state index contributed by atoms with van der Waals surface area (Å²) < 4.78 is 12.8. The summed E-state index contributed by atoms with van der Waals surface area (Å²) in [6.07, 6.45) is 3.04. The molecule has 3 atom stereocenters. The van der Waals surface area contributed by atoms with Gasteiger partial charge in [0.25, 0.3) is 0 Å². The van der Waals surface area contributed by atoms with Crippen LogP contribution in [0.4, 0.5) is 4.39 Å². The molecule has 11 heavy (non-hydrogen) atoms. The van der Waals surface area contributed by atoms with Crippen LogP contribution < -0.4 is 0 Å². The lowest BCUT2D eigenvalue weighted by Gasteiger charge is -2.23. The molecule has 0 heterocycles. The zero-order valence-electron chi connectivity index (χ0n) is 6.89. The van der Waals surface area contributed by atoms with Crippen molar-refractivity contribution in [1.29, 1.82) is 0 Å². The Morgan fingerprint density at radius 3 is 2.82 bits per heavy atom. The molecule has 0 N–H and O–H groups in total. The average molecular weight is 155 g/mol. The fraction of sp³-hybridized carbons (Fsp3) is 0.889. The first-order chi connectivity index (χ1) is 5.24. The van der Waals surface area contributed by atoms with E-state index in [-0.39, 0.29) is 12.0 Å². The average Bonchev–Trinajstić information content (AvgIpc) is 2.05. The Kier molecular flexibility index (Phi) is 2.87. The zero-order valence-corrected chi connectivity index (χ0v) is 6.89. The molecule has 0 aliphatic heterocycles. The Morgan fingerprint density at radius 1 is 1.55 bits per heavy atom. The van der Waals surface area contributed by atoms with Crippen LogP contribution in [0.5, 0.6) is 0 Å². The van der Waals surface area contributed by atoms with Crippen LogP contribution in [-0.2, 0) is 0 Å². The molecule has 0 saturated heterocycles. The normalized spacial score (nSPS) is 34.3. The van der Waals surface area contributed by atoms with Crippen molar-refractivity contribution in [3.05, 3.63) is 11.4 Å². The van der Waals surface area contributed by atoms with Gasteiger partial charge in [-0.25, -0.2) is 11.0 Å². The molecule has 1 rings (SSSR count). The minimum Gasteiger partial charge on any atom is -0.314 e. The molecule has 0 spiro atoms. The second-order valence-corrected chi connectivity index (χ2v) is 3.39. The highest BCUT2D eigenvalue weighted by molar-refractivity contribution is 4.87. The predicted molar refractivity (Wildman–Crippen MR) is 42.9 cm³/mol. The van der Waals surface area contributed by atoms with Gasteiger partial charge in [0.1, 0.15) is 6.17 Å². The van der Waals surface area contributed by atoms with Crippen LogP contribution in [0.15, 0.2) is 0 Å². The monoisotopic (exact) mass is 155 g/mol. The Bertz CT molecular complexity index is 159. The van der Waals surface area contributed by atoms with Crippen molar-refractivity contribution in [3.63, 3.8) is 0 Å². The van der Waals surface area contributed by atoms with Gasteiger partial charge in [0.2, 0.25) is 6.04 Å². The predicted octanol–water partition coefficient (Wildman–Crippen LogP) is 2.82. The van der Waals surface area contributed by atoms with Crippen LogP contribution in [-0.4, -0.2) is 12.2 Å². The van der Waals surface area contributed by atoms with Gasteiger partial charge in [0.05, 0.1) is 0 Å². The largest absolute Gasteiger partial charge is 0.314 e. The van der Waals surface area contributed by atoms with E-state index >= 15 is 0 Å². The second-order valence-electron chi connectivity index (χ2n) is 3.39. The molecule has 0 aromatic carbocycles. The first-order valence-corrected chi connectivity index (χ1v) is 4.24. The minimum absolute atomic E-state index is 0.104. The van der Waals surface area contributed by atoms with E-state index in [1.165, 1.54) is 0 Å². The van der Waals surface area contributed by atoms with Gasteiger partial charge < -0.3 is 4.85 Å². The smallest absolute Gasteiger partial charge is 0.224 e. The van der Waals surface area contributed by atoms with Gasteiger partial charge >= 0.3 is 0 Å². The van der Waals surface area contributed by atoms with E-state index in [0.717, 1.165) is 25.7 Å². The van der Waals surface area contributed by atoms with Crippen molar-refractivity contribution in [2.75, 3.05) is 0 Å². The molecular weight excluding hydrogens is 141 g/mol. The molecule has 2 heteroatoms. The molecule has 1 nitrogen and oxygen atoms in total. The van der Waals surface area contributed by atoms with Gasteiger partial charge in [0, 0.05) is 12.8 Å². The van der Waals surface area contributed by atoms with E-state index in [0.29, 0.717) is 0 Å². The van der Waals surface area contributed by atoms with Gasteiger partial charge in [-0.2, -0.15) is 0 Å². The number of rotatable bonds is 1. The molecule has 1 saturated carbocycles. The van der Waals surface area contributed by atoms with Gasteiger partial charge in [0.15, 0.2) is 0 Å². The molecule has 0 aromatic rings. The number of halogens is 1. The molecule has 1 aliphatic rings. The number of hydrogen-bond acceptors (Lipinski definition) is 0. The minimum atomic E-state index is -0.723. The SMILES string of the molecule is [C-]#[N+]C1CCCC(C(C)F)C1. The van der Waals surface area contributed by atoms with Crippen LogP contribution in [0, 0.1) is 12.5 Å². The molecule has 1 fully saturated rings. The summed E-state index contributed by atoms with van der Waals surface area (Å²) >= 11 is 0. The van der Waals surface area contributed by atoms with Crippen LogP contribution in [0.3, 0.4) is 0 Å². The maximum atomic E-state index is 12.8. The highest BCUT2D eigenvalue weighted by atomic mass is 19.1. The zero-order chi connectivity index (χ0) is 8.27. The highest BCUT2D eigenvalue weighted by Crippen LogP contribution is 2.29. The summed E-state index contributed by atoms with van der Waals surface area (Å²) in [4.78, 5) is 3.46. The van der Waals surface area contributed by atoms with E-state index in [1.807, 2.05) is 0 Å². The van der Waals surface area contributed by atoms with Crippen molar-refractivity contribution in [1.82, 2.24) is 0 Å². The van der Waals surface area contributed by atoms with Gasteiger partial charge in [-0.05, 0) is 25.7 Å². The summed E-state index contributed by atoms with van der Waals surface area (Å²) in [5.41, 5.74) is 0. The lowest BCUT2D eigenvalue weighted by Crippen LogP contribution is -2.23. The first kappa shape index (κ1) is 8.52. The van der Waals surface area contributed by atoms with Gasteiger partial charge in [-0.3, -0.25) is 0 Å². The van der Waals surface area contributed by atoms with E-state index in [9.17, 15) is 4.39 Å². The fourth-order valence-electron chi connectivity index (χ4n) is 1.74. The number of hydrogen-bond donors (Lipinski definition) is 0. The molecule has 3 unspecified atom stereocenters. The summed E-state index contributed by atoms with van der Waals surface area (Å²) in [5.74, 6) is 0.155. The van der Waals surface area contributed by atoms with Crippen molar-refractivity contribution in [3.8, 4) is 0 Å². The van der Waals surface area contributed by atoms with Crippen molar-refractivity contribution in [2.24, 2.45) is 5.92 Å². The molecule has 0 bridgehead atoms. The summed E-state index contributed by atoms with van der Waals surface area (Å²) in [5, 5.41) is 0. The van der Waals surface area contributed by atoms with Crippen LogP contribution in [0.25, 0.3) is 4.85 Å².